The van der Waals surface area contributed by atoms with Crippen molar-refractivity contribution >= 4 is 5.97 Å². The van der Waals surface area contributed by atoms with Gasteiger partial charge >= 0.3 is 5.97 Å². The molecule has 5 heteroatoms. The minimum Gasteiger partial charge on any atom is -0.469 e. The van der Waals surface area contributed by atoms with Gasteiger partial charge in [-0.3, -0.25) is 14.9 Å². The van der Waals surface area contributed by atoms with Gasteiger partial charge in [0, 0.05) is 17.3 Å². The first-order chi connectivity index (χ1) is 7.07. The highest BCUT2D eigenvalue weighted by atomic mass is 16.6. The molecule has 0 heterocycles. The number of methoxy groups -OCH3 is 1. The second kappa shape index (κ2) is 5.09. The molecule has 3 atom stereocenters. The zero-order valence-corrected chi connectivity index (χ0v) is 9.14. The molecule has 1 fully saturated rings. The van der Waals surface area contributed by atoms with Gasteiger partial charge in [-0.15, -0.1) is 0 Å². The Morgan fingerprint density at radius 1 is 1.47 bits per heavy atom. The molecule has 1 saturated carbocycles. The van der Waals surface area contributed by atoms with Crippen LogP contribution in [0.1, 0.15) is 32.6 Å². The van der Waals surface area contributed by atoms with Crippen molar-refractivity contribution < 1.29 is 14.5 Å². The Bertz CT molecular complexity index is 254. The van der Waals surface area contributed by atoms with E-state index in [-0.39, 0.29) is 22.7 Å². The minimum absolute atomic E-state index is 0.166. The summed E-state index contributed by atoms with van der Waals surface area (Å²) in [6, 6.07) is -0.576. The average Bonchev–Trinajstić information content (AvgIpc) is 2.27. The number of nitro groups is 1. The van der Waals surface area contributed by atoms with Crippen LogP contribution in [0.2, 0.25) is 0 Å². The molecule has 3 unspecified atom stereocenters. The van der Waals surface area contributed by atoms with Gasteiger partial charge < -0.3 is 4.74 Å². The molecule has 0 saturated heterocycles. The van der Waals surface area contributed by atoms with Crippen molar-refractivity contribution in [3.63, 3.8) is 0 Å². The van der Waals surface area contributed by atoms with Crippen LogP contribution in [0.3, 0.4) is 0 Å². The van der Waals surface area contributed by atoms with E-state index in [9.17, 15) is 14.9 Å². The molecule has 0 aromatic carbocycles. The van der Waals surface area contributed by atoms with Gasteiger partial charge in [0.1, 0.15) is 0 Å². The van der Waals surface area contributed by atoms with E-state index in [1.807, 2.05) is 0 Å². The van der Waals surface area contributed by atoms with Crippen LogP contribution in [0.25, 0.3) is 0 Å². The van der Waals surface area contributed by atoms with E-state index in [0.29, 0.717) is 6.42 Å². The molecule has 0 amide bonds. The van der Waals surface area contributed by atoms with Crippen LogP contribution in [-0.2, 0) is 9.53 Å². The molecule has 0 N–H and O–H groups in total. The van der Waals surface area contributed by atoms with E-state index in [2.05, 4.69) is 4.74 Å². The number of rotatable bonds is 3. The third-order valence-corrected chi connectivity index (χ3v) is 3.27. The van der Waals surface area contributed by atoms with Gasteiger partial charge in [-0.1, -0.05) is 13.3 Å². The first kappa shape index (κ1) is 11.9. The second-order valence-corrected chi connectivity index (χ2v) is 4.11. The summed E-state index contributed by atoms with van der Waals surface area (Å²) in [4.78, 5) is 21.9. The lowest BCUT2D eigenvalue weighted by Crippen LogP contribution is -2.39. The van der Waals surface area contributed by atoms with Gasteiger partial charge in [-0.2, -0.15) is 0 Å². The minimum atomic E-state index is -0.576. The first-order valence-electron chi connectivity index (χ1n) is 5.29. The van der Waals surface area contributed by atoms with Crippen LogP contribution in [0.4, 0.5) is 0 Å². The summed E-state index contributed by atoms with van der Waals surface area (Å²) in [5.74, 6) is -0.874. The molecule has 86 valence electrons. The summed E-state index contributed by atoms with van der Waals surface area (Å²) in [6.07, 6.45) is 3.19. The van der Waals surface area contributed by atoms with Gasteiger partial charge in [0.25, 0.3) is 0 Å². The number of hydrogen-bond donors (Lipinski definition) is 0. The summed E-state index contributed by atoms with van der Waals surface area (Å²) >= 11 is 0. The number of ether oxygens (including phenoxy) is 1. The third kappa shape index (κ3) is 2.67. The molecule has 0 aromatic rings. The SMILES string of the molecule is COC(=O)C(C)C1CCCCC1[N+](=O)[O-]. The van der Waals surface area contributed by atoms with E-state index < -0.39 is 6.04 Å². The molecular weight excluding hydrogens is 198 g/mol. The third-order valence-electron chi connectivity index (χ3n) is 3.27. The summed E-state index contributed by atoms with van der Waals surface area (Å²) in [6.45, 7) is 1.72. The van der Waals surface area contributed by atoms with Crippen LogP contribution < -0.4 is 0 Å². The van der Waals surface area contributed by atoms with Crippen LogP contribution in [0.5, 0.6) is 0 Å². The van der Waals surface area contributed by atoms with Crippen LogP contribution in [0, 0.1) is 22.0 Å². The monoisotopic (exact) mass is 215 g/mol. The van der Waals surface area contributed by atoms with E-state index in [1.54, 1.807) is 6.92 Å². The number of hydrogen-bond acceptors (Lipinski definition) is 4. The maximum absolute atomic E-state index is 11.3. The van der Waals surface area contributed by atoms with Gasteiger partial charge in [0.15, 0.2) is 0 Å². The van der Waals surface area contributed by atoms with Crippen LogP contribution in [-0.4, -0.2) is 24.0 Å². The van der Waals surface area contributed by atoms with E-state index in [0.717, 1.165) is 19.3 Å². The second-order valence-electron chi connectivity index (χ2n) is 4.11. The van der Waals surface area contributed by atoms with Gasteiger partial charge in [-0.05, 0) is 12.8 Å². The molecule has 15 heavy (non-hydrogen) atoms. The Morgan fingerprint density at radius 2 is 2.07 bits per heavy atom. The Labute approximate surface area is 88.9 Å². The van der Waals surface area contributed by atoms with E-state index >= 15 is 0 Å². The zero-order chi connectivity index (χ0) is 11.4. The predicted octanol–water partition coefficient (Wildman–Crippen LogP) is 1.63. The van der Waals surface area contributed by atoms with Crippen LogP contribution in [0.15, 0.2) is 0 Å². The molecule has 0 aliphatic heterocycles. The molecular formula is C10H17NO4. The van der Waals surface area contributed by atoms with Gasteiger partial charge in [-0.25, -0.2) is 0 Å². The van der Waals surface area contributed by atoms with Crippen molar-refractivity contribution in [2.75, 3.05) is 7.11 Å². The molecule has 1 aliphatic carbocycles. The Hall–Kier alpha value is -1.13. The lowest BCUT2D eigenvalue weighted by atomic mass is 9.77. The first-order valence-corrected chi connectivity index (χ1v) is 5.29. The predicted molar refractivity (Wildman–Crippen MR) is 53.9 cm³/mol. The number of carbonyl (C=O) groups excluding carboxylic acids is 1. The summed E-state index contributed by atoms with van der Waals surface area (Å²) < 4.78 is 4.63. The largest absolute Gasteiger partial charge is 0.469 e. The quantitative estimate of drug-likeness (QED) is 0.407. The summed E-state index contributed by atoms with van der Waals surface area (Å²) in [7, 11) is 1.32. The Balaban J connectivity index is 2.71. The summed E-state index contributed by atoms with van der Waals surface area (Å²) in [5, 5.41) is 10.8. The van der Waals surface area contributed by atoms with Crippen LogP contribution >= 0.6 is 0 Å². The van der Waals surface area contributed by atoms with Crippen molar-refractivity contribution in [1.82, 2.24) is 0 Å². The van der Waals surface area contributed by atoms with Crippen molar-refractivity contribution in [1.29, 1.82) is 0 Å². The number of carbonyl (C=O) groups is 1. The van der Waals surface area contributed by atoms with Crippen molar-refractivity contribution in [3.8, 4) is 0 Å². The van der Waals surface area contributed by atoms with E-state index in [1.165, 1.54) is 7.11 Å². The van der Waals surface area contributed by atoms with Crippen molar-refractivity contribution in [2.45, 2.75) is 38.6 Å². The Morgan fingerprint density at radius 3 is 2.60 bits per heavy atom. The fourth-order valence-corrected chi connectivity index (χ4v) is 2.35. The molecule has 0 radical (unpaired) electrons. The lowest BCUT2D eigenvalue weighted by Gasteiger charge is -2.28. The molecule has 5 nitrogen and oxygen atoms in total. The number of esters is 1. The van der Waals surface area contributed by atoms with Gasteiger partial charge in [0.05, 0.1) is 13.0 Å². The highest BCUT2D eigenvalue weighted by Gasteiger charge is 2.40. The highest BCUT2D eigenvalue weighted by Crippen LogP contribution is 2.32. The molecule has 1 rings (SSSR count). The standard InChI is InChI=1S/C10H17NO4/c1-7(10(12)15-2)8-5-3-4-6-9(8)11(13)14/h7-9H,3-6H2,1-2H3. The summed E-state index contributed by atoms with van der Waals surface area (Å²) in [5.41, 5.74) is 0. The fourth-order valence-electron chi connectivity index (χ4n) is 2.35. The molecule has 0 bridgehead atoms. The smallest absolute Gasteiger partial charge is 0.308 e. The maximum atomic E-state index is 11.3. The molecule has 1 aliphatic rings. The fraction of sp³-hybridized carbons (Fsp3) is 0.900. The topological polar surface area (TPSA) is 69.4 Å². The number of nitrogens with zero attached hydrogens (tertiary/aromatic N) is 1. The van der Waals surface area contributed by atoms with Crippen molar-refractivity contribution in [2.24, 2.45) is 11.8 Å². The molecule has 0 aromatic heterocycles. The zero-order valence-electron chi connectivity index (χ0n) is 9.14. The highest BCUT2D eigenvalue weighted by molar-refractivity contribution is 5.72. The van der Waals surface area contributed by atoms with Gasteiger partial charge in [0.2, 0.25) is 6.04 Å². The van der Waals surface area contributed by atoms with E-state index in [4.69, 9.17) is 0 Å². The normalized spacial score (nSPS) is 28.1. The van der Waals surface area contributed by atoms with Crippen molar-refractivity contribution in [3.05, 3.63) is 10.1 Å². The lowest BCUT2D eigenvalue weighted by molar-refractivity contribution is -0.537. The maximum Gasteiger partial charge on any atom is 0.308 e. The average molecular weight is 215 g/mol. The Kier molecular flexibility index (Phi) is 4.05. The molecule has 0 spiro atoms.